The van der Waals surface area contributed by atoms with E-state index in [1.165, 1.54) is 0 Å². The summed E-state index contributed by atoms with van der Waals surface area (Å²) in [4.78, 5) is 11.9. The number of amidine groups is 1. The van der Waals surface area contributed by atoms with Crippen LogP contribution in [0.3, 0.4) is 0 Å². The molecule has 5 nitrogen and oxygen atoms in total. The number of nitrogens with two attached hydrogens (primary N) is 1. The fourth-order valence-electron chi connectivity index (χ4n) is 2.24. The number of carbonyl (C=O) groups is 1. The summed E-state index contributed by atoms with van der Waals surface area (Å²) in [5.41, 5.74) is 0.125. The summed E-state index contributed by atoms with van der Waals surface area (Å²) in [5, 5.41) is 13.9. The van der Waals surface area contributed by atoms with Gasteiger partial charge in [-0.05, 0) is 30.5 Å². The zero-order chi connectivity index (χ0) is 14.7. The highest BCUT2D eigenvalue weighted by atomic mass is 32.2. The van der Waals surface area contributed by atoms with Crippen molar-refractivity contribution in [1.82, 2.24) is 5.32 Å². The van der Waals surface area contributed by atoms with Crippen LogP contribution < -0.4 is 11.1 Å². The van der Waals surface area contributed by atoms with Crippen molar-refractivity contribution in [3.63, 3.8) is 0 Å². The summed E-state index contributed by atoms with van der Waals surface area (Å²) in [6.07, 6.45) is 0.863. The molecule has 1 rings (SSSR count). The molecule has 1 saturated carbocycles. The van der Waals surface area contributed by atoms with E-state index in [0.717, 1.165) is 0 Å². The van der Waals surface area contributed by atoms with E-state index in [2.05, 4.69) is 10.5 Å². The number of hydrogen-bond donors (Lipinski definition) is 3. The summed E-state index contributed by atoms with van der Waals surface area (Å²) in [5.74, 6) is -0.678. The molecule has 19 heavy (non-hydrogen) atoms. The number of nitrogens with zero attached hydrogens (tertiary/aromatic N) is 1. The maximum absolute atomic E-state index is 11.9. The molecule has 0 spiro atoms. The first kappa shape index (κ1) is 15.9. The minimum absolute atomic E-state index is 0.113. The van der Waals surface area contributed by atoms with E-state index in [-0.39, 0.29) is 35.8 Å². The van der Waals surface area contributed by atoms with Crippen molar-refractivity contribution >= 4 is 23.5 Å². The van der Waals surface area contributed by atoms with E-state index in [4.69, 9.17) is 10.9 Å². The molecule has 1 aliphatic carbocycles. The molecule has 0 aromatic carbocycles. The third-order valence-electron chi connectivity index (χ3n) is 3.08. The second-order valence-corrected chi connectivity index (χ2v) is 5.79. The third-order valence-corrected chi connectivity index (χ3v) is 3.82. The number of rotatable bonds is 5. The molecule has 0 aromatic heterocycles. The van der Waals surface area contributed by atoms with Crippen LogP contribution in [0.15, 0.2) is 5.16 Å². The largest absolute Gasteiger partial charge is 0.441 e. The lowest BCUT2D eigenvalue weighted by Crippen LogP contribution is -2.57. The van der Waals surface area contributed by atoms with E-state index < -0.39 is 16.8 Å². The molecule has 0 unspecified atom stereocenters. The molecule has 4 N–H and O–H groups in total. The molecule has 0 atom stereocenters. The second-order valence-electron chi connectivity index (χ2n) is 4.63. The summed E-state index contributed by atoms with van der Waals surface area (Å²) < 4.78 is 35.7. The number of alkyl halides is 3. The number of oxime groups is 1. The van der Waals surface area contributed by atoms with E-state index in [1.807, 2.05) is 6.92 Å². The van der Waals surface area contributed by atoms with E-state index in [0.29, 0.717) is 12.8 Å². The van der Waals surface area contributed by atoms with Gasteiger partial charge in [0, 0.05) is 12.3 Å². The smallest absolute Gasteiger partial charge is 0.409 e. The highest BCUT2D eigenvalue weighted by Crippen LogP contribution is 2.45. The van der Waals surface area contributed by atoms with Gasteiger partial charge in [0.25, 0.3) is 0 Å². The van der Waals surface area contributed by atoms with Crippen LogP contribution in [0.2, 0.25) is 0 Å². The van der Waals surface area contributed by atoms with Crippen LogP contribution in [-0.2, 0) is 4.79 Å². The summed E-state index contributed by atoms with van der Waals surface area (Å²) in [7, 11) is 0. The molecule has 9 heteroatoms. The van der Waals surface area contributed by atoms with Gasteiger partial charge in [-0.3, -0.25) is 4.79 Å². The predicted molar refractivity (Wildman–Crippen MR) is 65.8 cm³/mol. The highest BCUT2D eigenvalue weighted by molar-refractivity contribution is 8.00. The fraction of sp³-hybridized carbons (Fsp3) is 0.800. The van der Waals surface area contributed by atoms with Gasteiger partial charge >= 0.3 is 5.51 Å². The lowest BCUT2D eigenvalue weighted by Gasteiger charge is -2.43. The van der Waals surface area contributed by atoms with Gasteiger partial charge in [-0.15, -0.1) is 0 Å². The monoisotopic (exact) mass is 299 g/mol. The Hall–Kier alpha value is -1.12. The normalized spacial score (nSPS) is 27.8. The average Bonchev–Trinajstić information content (AvgIpc) is 2.27. The van der Waals surface area contributed by atoms with Crippen LogP contribution in [0, 0.1) is 11.3 Å². The third kappa shape index (κ3) is 3.92. The number of carbonyl (C=O) groups excluding carboxylic acids is 1. The quantitative estimate of drug-likeness (QED) is 0.236. The minimum atomic E-state index is -4.31. The Kier molecular flexibility index (Phi) is 4.94. The molecule has 0 aliphatic heterocycles. The van der Waals surface area contributed by atoms with Gasteiger partial charge in [-0.25, -0.2) is 0 Å². The maximum Gasteiger partial charge on any atom is 0.441 e. The summed E-state index contributed by atoms with van der Waals surface area (Å²) in [6, 6.07) is 0. The van der Waals surface area contributed by atoms with Crippen molar-refractivity contribution in [3.8, 4) is 0 Å². The van der Waals surface area contributed by atoms with Crippen molar-refractivity contribution in [2.24, 2.45) is 22.2 Å². The van der Waals surface area contributed by atoms with Crippen LogP contribution in [0.1, 0.15) is 19.8 Å². The second kappa shape index (κ2) is 5.89. The van der Waals surface area contributed by atoms with Gasteiger partial charge in [0.15, 0.2) is 5.84 Å². The van der Waals surface area contributed by atoms with Gasteiger partial charge in [0.1, 0.15) is 5.41 Å². The van der Waals surface area contributed by atoms with E-state index in [9.17, 15) is 18.0 Å². The molecular formula is C10H16F3N3O2S. The van der Waals surface area contributed by atoms with Crippen molar-refractivity contribution in [3.05, 3.63) is 0 Å². The molecule has 1 fully saturated rings. The van der Waals surface area contributed by atoms with E-state index >= 15 is 0 Å². The fourth-order valence-corrected chi connectivity index (χ4v) is 2.67. The maximum atomic E-state index is 11.9. The number of halogens is 3. The zero-order valence-corrected chi connectivity index (χ0v) is 11.1. The number of hydrogen-bond acceptors (Lipinski definition) is 4. The van der Waals surface area contributed by atoms with Crippen molar-refractivity contribution in [1.29, 1.82) is 0 Å². The molecule has 0 bridgehead atoms. The van der Waals surface area contributed by atoms with Crippen molar-refractivity contribution in [2.45, 2.75) is 25.3 Å². The molecular weight excluding hydrogens is 283 g/mol. The standard InChI is InChI=1S/C10H16F3N3O2S/c1-6-4-9(5-6,7(14)16-18)8(17)15-2-3-19-10(11,12)13/h6,18H,2-5H2,1H3,(H2,14,16)(H,15,17). The molecule has 1 amide bonds. The topological polar surface area (TPSA) is 87.7 Å². The number of amides is 1. The van der Waals surface area contributed by atoms with Crippen LogP contribution in [-0.4, -0.2) is 34.8 Å². The Morgan fingerprint density at radius 1 is 1.58 bits per heavy atom. The van der Waals surface area contributed by atoms with E-state index in [1.54, 1.807) is 0 Å². The summed E-state index contributed by atoms with van der Waals surface area (Å²) >= 11 is -0.199. The average molecular weight is 299 g/mol. The van der Waals surface area contributed by atoms with Gasteiger partial charge in [-0.2, -0.15) is 13.2 Å². The molecule has 0 aromatic rings. The first-order chi connectivity index (χ1) is 8.71. The van der Waals surface area contributed by atoms with Gasteiger partial charge in [0.05, 0.1) is 0 Å². The van der Waals surface area contributed by atoms with Gasteiger partial charge < -0.3 is 16.3 Å². The zero-order valence-electron chi connectivity index (χ0n) is 10.3. The summed E-state index contributed by atoms with van der Waals surface area (Å²) in [6.45, 7) is 1.80. The lowest BCUT2D eigenvalue weighted by molar-refractivity contribution is -0.133. The Labute approximate surface area is 112 Å². The van der Waals surface area contributed by atoms with Crippen molar-refractivity contribution in [2.75, 3.05) is 12.3 Å². The Bertz CT molecular complexity index is 368. The van der Waals surface area contributed by atoms with Crippen LogP contribution in [0.5, 0.6) is 0 Å². The van der Waals surface area contributed by atoms with Crippen LogP contribution in [0.4, 0.5) is 13.2 Å². The number of thioether (sulfide) groups is 1. The first-order valence-corrected chi connectivity index (χ1v) is 6.67. The predicted octanol–water partition coefficient (Wildman–Crippen LogP) is 1.52. The van der Waals surface area contributed by atoms with Gasteiger partial charge in [-0.1, -0.05) is 12.1 Å². The minimum Gasteiger partial charge on any atom is -0.409 e. The van der Waals surface area contributed by atoms with Crippen molar-refractivity contribution < 1.29 is 23.2 Å². The Morgan fingerprint density at radius 3 is 2.58 bits per heavy atom. The number of nitrogens with one attached hydrogen (secondary N) is 1. The first-order valence-electron chi connectivity index (χ1n) is 5.68. The Balaban J connectivity index is 2.47. The molecule has 0 radical (unpaired) electrons. The van der Waals surface area contributed by atoms with Crippen LogP contribution in [0.25, 0.3) is 0 Å². The molecule has 0 saturated heterocycles. The van der Waals surface area contributed by atoms with Gasteiger partial charge in [0.2, 0.25) is 5.91 Å². The van der Waals surface area contributed by atoms with Crippen LogP contribution >= 0.6 is 11.8 Å². The molecule has 110 valence electrons. The highest BCUT2D eigenvalue weighted by Gasteiger charge is 2.52. The molecule has 0 heterocycles. The SMILES string of the molecule is CC1CC(C(=O)NCCSC(F)(F)F)(C(N)=NO)C1. The molecule has 1 aliphatic rings. The Morgan fingerprint density at radius 2 is 2.16 bits per heavy atom. The lowest BCUT2D eigenvalue weighted by atomic mass is 9.61.